The van der Waals surface area contributed by atoms with Crippen molar-refractivity contribution in [3.63, 3.8) is 0 Å². The summed E-state index contributed by atoms with van der Waals surface area (Å²) in [5.74, 6) is 0. The molecule has 0 amide bonds. The van der Waals surface area contributed by atoms with Crippen LogP contribution in [-0.4, -0.2) is 0 Å². The van der Waals surface area contributed by atoms with Crippen molar-refractivity contribution in [1.29, 1.82) is 10.8 Å². The molecule has 0 aliphatic heterocycles. The van der Waals surface area contributed by atoms with E-state index in [1.54, 1.807) is 18.2 Å². The lowest BCUT2D eigenvalue weighted by Crippen LogP contribution is -1.67. The number of nitrogens with zero attached hydrogens (tertiary/aromatic N) is 2. The van der Waals surface area contributed by atoms with Crippen LogP contribution in [0.15, 0.2) is 72.8 Å². The summed E-state index contributed by atoms with van der Waals surface area (Å²) in [5, 5.41) is 16.0. The van der Waals surface area contributed by atoms with Gasteiger partial charge in [-0.05, 0) is 29.0 Å². The van der Waals surface area contributed by atoms with Crippen LogP contribution in [-0.2, 0) is 0 Å². The molecule has 2 nitrogen and oxygen atoms in total. The molecule has 0 N–H and O–H groups in total. The van der Waals surface area contributed by atoms with E-state index in [0.717, 1.165) is 0 Å². The number of hydrogen-bond acceptors (Lipinski definition) is 2. The van der Waals surface area contributed by atoms with Gasteiger partial charge in [0, 0.05) is 20.8 Å². The SMILES string of the molecule is Clc1cccc(Cl)c1.N#N.c1ccc2ccccc2c1. The molecule has 20 heavy (non-hydrogen) atoms. The number of fused-ring (bicyclic) bond motifs is 1. The molecule has 0 aliphatic rings. The topological polar surface area (TPSA) is 47.6 Å². The van der Waals surface area contributed by atoms with Gasteiger partial charge in [0.2, 0.25) is 0 Å². The summed E-state index contributed by atoms with van der Waals surface area (Å²) in [6.07, 6.45) is 0. The zero-order valence-electron chi connectivity index (χ0n) is 10.6. The quantitative estimate of drug-likeness (QED) is 0.488. The third-order valence-electron chi connectivity index (χ3n) is 2.45. The van der Waals surface area contributed by atoms with E-state index in [-0.39, 0.29) is 0 Å². The van der Waals surface area contributed by atoms with Gasteiger partial charge in [0.1, 0.15) is 0 Å². The minimum absolute atomic E-state index is 0.678. The first kappa shape index (κ1) is 16.0. The van der Waals surface area contributed by atoms with E-state index in [4.69, 9.17) is 34.0 Å². The van der Waals surface area contributed by atoms with E-state index in [1.807, 2.05) is 6.07 Å². The highest BCUT2D eigenvalue weighted by molar-refractivity contribution is 6.34. The molecule has 100 valence electrons. The molecule has 3 aromatic carbocycles. The third kappa shape index (κ3) is 5.27. The maximum absolute atomic E-state index is 6.00. The van der Waals surface area contributed by atoms with Crippen LogP contribution in [0.25, 0.3) is 10.8 Å². The first-order chi connectivity index (χ1) is 9.75. The summed E-state index contributed by atoms with van der Waals surface area (Å²) in [6, 6.07) is 23.8. The predicted octanol–water partition coefficient (Wildman–Crippen LogP) is 5.86. The van der Waals surface area contributed by atoms with Crippen molar-refractivity contribution < 1.29 is 0 Å². The second kappa shape index (κ2) is 8.92. The van der Waals surface area contributed by atoms with Crippen molar-refractivity contribution >= 4 is 34.0 Å². The maximum atomic E-state index is 6.00. The molecule has 0 heterocycles. The molecule has 0 bridgehead atoms. The fourth-order valence-corrected chi connectivity index (χ4v) is 2.03. The van der Waals surface area contributed by atoms with Crippen molar-refractivity contribution in [2.24, 2.45) is 0 Å². The molecule has 3 aromatic rings. The average molecular weight is 303 g/mol. The molecular formula is C16H12Cl2N2. The van der Waals surface area contributed by atoms with Crippen LogP contribution in [0.4, 0.5) is 0 Å². The Morgan fingerprint density at radius 1 is 0.550 bits per heavy atom. The van der Waals surface area contributed by atoms with Crippen LogP contribution in [0.1, 0.15) is 0 Å². The lowest BCUT2D eigenvalue weighted by Gasteiger charge is -1.92. The smallest absolute Gasteiger partial charge is 0.0420 e. The Kier molecular flexibility index (Phi) is 7.13. The van der Waals surface area contributed by atoms with E-state index in [0.29, 0.717) is 10.0 Å². The average Bonchev–Trinajstić information content (AvgIpc) is 2.50. The van der Waals surface area contributed by atoms with Gasteiger partial charge in [-0.3, -0.25) is 0 Å². The van der Waals surface area contributed by atoms with Crippen molar-refractivity contribution in [3.05, 3.63) is 82.8 Å². The van der Waals surface area contributed by atoms with Gasteiger partial charge >= 0.3 is 0 Å². The minimum atomic E-state index is 0.678. The summed E-state index contributed by atoms with van der Waals surface area (Å²) in [6.45, 7) is 0. The van der Waals surface area contributed by atoms with E-state index < -0.39 is 0 Å². The lowest BCUT2D eigenvalue weighted by molar-refractivity contribution is 1.15. The van der Waals surface area contributed by atoms with Gasteiger partial charge in [0.25, 0.3) is 0 Å². The van der Waals surface area contributed by atoms with Gasteiger partial charge in [-0.2, -0.15) is 0 Å². The first-order valence-corrected chi connectivity index (χ1v) is 6.56. The first-order valence-electron chi connectivity index (χ1n) is 5.80. The van der Waals surface area contributed by atoms with Crippen LogP contribution in [0.2, 0.25) is 10.0 Å². The Morgan fingerprint density at radius 2 is 0.900 bits per heavy atom. The highest BCUT2D eigenvalue weighted by Crippen LogP contribution is 2.14. The number of benzene rings is 3. The zero-order chi connectivity index (χ0) is 14.8. The summed E-state index contributed by atoms with van der Waals surface area (Å²) in [7, 11) is 0. The summed E-state index contributed by atoms with van der Waals surface area (Å²) >= 11 is 11.1. The standard InChI is InChI=1S/C10H8.C6H4Cl2.N2/c1-2-6-10-8-4-3-7-9(10)5-1;7-5-2-1-3-6(8)4-5;1-2/h1-8H;1-4H;. The summed E-state index contributed by atoms with van der Waals surface area (Å²) < 4.78 is 0. The van der Waals surface area contributed by atoms with Crippen molar-refractivity contribution in [1.82, 2.24) is 0 Å². The molecule has 4 heteroatoms. The Labute approximate surface area is 128 Å². The molecule has 0 spiro atoms. The molecule has 0 fully saturated rings. The molecule has 0 radical (unpaired) electrons. The van der Waals surface area contributed by atoms with Crippen LogP contribution in [0.3, 0.4) is 0 Å². The van der Waals surface area contributed by atoms with E-state index in [2.05, 4.69) is 48.5 Å². The normalized spacial score (nSPS) is 8.80. The molecular weight excluding hydrogens is 291 g/mol. The summed E-state index contributed by atoms with van der Waals surface area (Å²) in [4.78, 5) is 0. The van der Waals surface area contributed by atoms with Gasteiger partial charge < -0.3 is 0 Å². The number of halogens is 2. The van der Waals surface area contributed by atoms with Crippen molar-refractivity contribution in [2.75, 3.05) is 0 Å². The van der Waals surface area contributed by atoms with Gasteiger partial charge in [-0.1, -0.05) is 77.8 Å². The Morgan fingerprint density at radius 3 is 1.15 bits per heavy atom. The Hall–Kier alpha value is -2.08. The van der Waals surface area contributed by atoms with E-state index >= 15 is 0 Å². The van der Waals surface area contributed by atoms with Gasteiger partial charge in [-0.15, -0.1) is 0 Å². The summed E-state index contributed by atoms with van der Waals surface area (Å²) in [5.41, 5.74) is 0. The maximum Gasteiger partial charge on any atom is 0.0420 e. The Bertz CT molecular complexity index is 598. The van der Waals surface area contributed by atoms with Crippen molar-refractivity contribution in [3.8, 4) is 0 Å². The minimum Gasteiger partial charge on any atom is -0.0843 e. The second-order valence-electron chi connectivity index (χ2n) is 3.79. The van der Waals surface area contributed by atoms with Gasteiger partial charge in [0.15, 0.2) is 0 Å². The molecule has 0 atom stereocenters. The molecule has 0 aliphatic carbocycles. The van der Waals surface area contributed by atoms with Crippen LogP contribution < -0.4 is 0 Å². The highest BCUT2D eigenvalue weighted by atomic mass is 35.5. The molecule has 0 saturated carbocycles. The molecule has 3 rings (SSSR count). The van der Waals surface area contributed by atoms with E-state index in [9.17, 15) is 0 Å². The van der Waals surface area contributed by atoms with Crippen molar-refractivity contribution in [2.45, 2.75) is 0 Å². The molecule has 0 unspecified atom stereocenters. The zero-order valence-corrected chi connectivity index (χ0v) is 12.1. The van der Waals surface area contributed by atoms with Crippen LogP contribution >= 0.6 is 23.2 Å². The van der Waals surface area contributed by atoms with Gasteiger partial charge in [0.05, 0.1) is 0 Å². The lowest BCUT2D eigenvalue weighted by atomic mass is 10.1. The van der Waals surface area contributed by atoms with E-state index in [1.165, 1.54) is 10.8 Å². The highest BCUT2D eigenvalue weighted by Gasteiger charge is 1.85. The molecule has 0 saturated heterocycles. The number of rotatable bonds is 0. The van der Waals surface area contributed by atoms with Gasteiger partial charge in [-0.25, -0.2) is 0 Å². The predicted molar refractivity (Wildman–Crippen MR) is 83.9 cm³/mol. The Balaban J connectivity index is 0.000000182. The fourth-order valence-electron chi connectivity index (χ4n) is 1.59. The molecule has 0 aromatic heterocycles. The second-order valence-corrected chi connectivity index (χ2v) is 4.66. The third-order valence-corrected chi connectivity index (χ3v) is 2.92. The van der Waals surface area contributed by atoms with Crippen LogP contribution in [0, 0.1) is 10.8 Å². The largest absolute Gasteiger partial charge is 0.0843 e. The monoisotopic (exact) mass is 302 g/mol. The number of hydrogen-bond donors (Lipinski definition) is 0. The van der Waals surface area contributed by atoms with Crippen LogP contribution in [0.5, 0.6) is 0 Å². The fraction of sp³-hybridized carbons (Fsp3) is 0.